The minimum atomic E-state index is -0.981. The zero-order valence-corrected chi connectivity index (χ0v) is 15.5. The number of carbonyl (C=O) groups is 2. The maximum absolute atomic E-state index is 12.3. The van der Waals surface area contributed by atoms with Gasteiger partial charge in [-0.15, -0.1) is 11.3 Å². The van der Waals surface area contributed by atoms with Crippen LogP contribution in [0.4, 0.5) is 5.69 Å². The number of hydrogen-bond donors (Lipinski definition) is 1. The summed E-state index contributed by atoms with van der Waals surface area (Å²) in [5.74, 6) is 0.000242. The van der Waals surface area contributed by atoms with Crippen LogP contribution < -0.4 is 14.8 Å². The maximum atomic E-state index is 12.3. The second kappa shape index (κ2) is 7.98. The van der Waals surface area contributed by atoms with Crippen molar-refractivity contribution in [3.8, 4) is 11.5 Å². The van der Waals surface area contributed by atoms with Crippen molar-refractivity contribution in [2.45, 2.75) is 26.9 Å². The Hall–Kier alpha value is -2.61. The van der Waals surface area contributed by atoms with E-state index in [2.05, 4.69) is 10.3 Å². The fourth-order valence-corrected chi connectivity index (χ4v) is 2.94. The predicted molar refractivity (Wildman–Crippen MR) is 94.6 cm³/mol. The smallest absolute Gasteiger partial charge is 0.351 e. The number of hydrogen-bond acceptors (Lipinski definition) is 7. The third kappa shape index (κ3) is 4.48. The van der Waals surface area contributed by atoms with Crippen molar-refractivity contribution in [1.82, 2.24) is 4.98 Å². The standard InChI is InChI=1S/C17H20N2O5S/c1-9-15(25-11(3)18-9)17(21)24-10(2)16(20)19-13-8-12(22-4)6-7-14(13)23-5/h6-8,10H,1-5H3,(H,19,20). The van der Waals surface area contributed by atoms with Gasteiger partial charge in [-0.25, -0.2) is 9.78 Å². The van der Waals surface area contributed by atoms with Crippen LogP contribution in [0.25, 0.3) is 0 Å². The van der Waals surface area contributed by atoms with Crippen LogP contribution in [-0.4, -0.2) is 37.2 Å². The molecule has 25 heavy (non-hydrogen) atoms. The van der Waals surface area contributed by atoms with Gasteiger partial charge in [0.1, 0.15) is 16.4 Å². The van der Waals surface area contributed by atoms with Crippen LogP contribution >= 0.6 is 11.3 Å². The van der Waals surface area contributed by atoms with E-state index in [1.54, 1.807) is 32.0 Å². The first-order valence-electron chi connectivity index (χ1n) is 7.53. The summed E-state index contributed by atoms with van der Waals surface area (Å²) in [7, 11) is 3.02. The number of aryl methyl sites for hydroxylation is 2. The van der Waals surface area contributed by atoms with E-state index >= 15 is 0 Å². The molecule has 0 aliphatic heterocycles. The highest BCUT2D eigenvalue weighted by Crippen LogP contribution is 2.29. The minimum Gasteiger partial charge on any atom is -0.497 e. The molecule has 1 amide bonds. The lowest BCUT2D eigenvalue weighted by molar-refractivity contribution is -0.123. The van der Waals surface area contributed by atoms with E-state index in [0.29, 0.717) is 27.8 Å². The van der Waals surface area contributed by atoms with Crippen molar-refractivity contribution >= 4 is 28.9 Å². The molecule has 1 aromatic carbocycles. The number of amides is 1. The van der Waals surface area contributed by atoms with Crippen LogP contribution in [0.2, 0.25) is 0 Å². The fourth-order valence-electron chi connectivity index (χ4n) is 2.13. The Morgan fingerprint density at radius 2 is 1.92 bits per heavy atom. The van der Waals surface area contributed by atoms with Crippen molar-refractivity contribution in [3.63, 3.8) is 0 Å². The van der Waals surface area contributed by atoms with E-state index in [0.717, 1.165) is 5.01 Å². The first-order chi connectivity index (χ1) is 11.8. The van der Waals surface area contributed by atoms with Crippen molar-refractivity contribution in [2.24, 2.45) is 0 Å². The molecule has 0 fully saturated rings. The van der Waals surface area contributed by atoms with Gasteiger partial charge in [0.15, 0.2) is 6.10 Å². The Bertz CT molecular complexity index is 787. The maximum Gasteiger partial charge on any atom is 0.351 e. The van der Waals surface area contributed by atoms with Crippen molar-refractivity contribution in [1.29, 1.82) is 0 Å². The van der Waals surface area contributed by atoms with Gasteiger partial charge in [-0.1, -0.05) is 0 Å². The highest BCUT2D eigenvalue weighted by molar-refractivity contribution is 7.13. The first-order valence-corrected chi connectivity index (χ1v) is 8.35. The Morgan fingerprint density at radius 3 is 2.48 bits per heavy atom. The second-order valence-corrected chi connectivity index (χ2v) is 6.45. The highest BCUT2D eigenvalue weighted by atomic mass is 32.1. The van der Waals surface area contributed by atoms with Crippen molar-refractivity contribution in [2.75, 3.05) is 19.5 Å². The molecule has 0 spiro atoms. The summed E-state index contributed by atoms with van der Waals surface area (Å²) in [6, 6.07) is 5.02. The lowest BCUT2D eigenvalue weighted by Gasteiger charge is -2.15. The Balaban J connectivity index is 2.08. The third-order valence-electron chi connectivity index (χ3n) is 3.41. The molecule has 2 aromatic rings. The van der Waals surface area contributed by atoms with Gasteiger partial charge in [-0.3, -0.25) is 4.79 Å². The molecular formula is C17H20N2O5S. The molecule has 0 bridgehead atoms. The summed E-state index contributed by atoms with van der Waals surface area (Å²) in [6.07, 6.45) is -0.981. The van der Waals surface area contributed by atoms with E-state index in [1.165, 1.54) is 32.5 Å². The van der Waals surface area contributed by atoms with Gasteiger partial charge in [-0.05, 0) is 32.9 Å². The molecular weight excluding hydrogens is 344 g/mol. The predicted octanol–water partition coefficient (Wildman–Crippen LogP) is 2.96. The van der Waals surface area contributed by atoms with Crippen LogP contribution in [0.5, 0.6) is 11.5 Å². The molecule has 1 N–H and O–H groups in total. The molecule has 2 rings (SSSR count). The van der Waals surface area contributed by atoms with Crippen LogP contribution in [0.15, 0.2) is 18.2 Å². The lowest BCUT2D eigenvalue weighted by atomic mass is 10.2. The number of esters is 1. The number of rotatable bonds is 6. The van der Waals surface area contributed by atoms with Gasteiger partial charge in [0.25, 0.3) is 5.91 Å². The number of ether oxygens (including phenoxy) is 3. The van der Waals surface area contributed by atoms with Crippen LogP contribution in [0, 0.1) is 13.8 Å². The molecule has 7 nitrogen and oxygen atoms in total. The van der Waals surface area contributed by atoms with Crippen LogP contribution in [-0.2, 0) is 9.53 Å². The number of methoxy groups -OCH3 is 2. The minimum absolute atomic E-state index is 0.399. The largest absolute Gasteiger partial charge is 0.497 e. The quantitative estimate of drug-likeness (QED) is 0.793. The molecule has 0 saturated carbocycles. The van der Waals surface area contributed by atoms with E-state index < -0.39 is 18.0 Å². The Kier molecular flexibility index (Phi) is 5.97. The zero-order valence-electron chi connectivity index (χ0n) is 14.7. The summed E-state index contributed by atoms with van der Waals surface area (Å²) in [4.78, 5) is 29.1. The average molecular weight is 364 g/mol. The van der Waals surface area contributed by atoms with Crippen LogP contribution in [0.3, 0.4) is 0 Å². The van der Waals surface area contributed by atoms with E-state index in [-0.39, 0.29) is 0 Å². The van der Waals surface area contributed by atoms with Crippen molar-refractivity contribution < 1.29 is 23.8 Å². The first kappa shape index (κ1) is 18.7. The molecule has 8 heteroatoms. The fraction of sp³-hybridized carbons (Fsp3) is 0.353. The number of nitrogens with zero attached hydrogens (tertiary/aromatic N) is 1. The number of benzene rings is 1. The average Bonchev–Trinajstić information content (AvgIpc) is 2.93. The van der Waals surface area contributed by atoms with Crippen LogP contribution in [0.1, 0.15) is 27.3 Å². The van der Waals surface area contributed by atoms with E-state index in [1.807, 2.05) is 0 Å². The number of anilines is 1. The zero-order chi connectivity index (χ0) is 18.6. The molecule has 1 atom stereocenters. The lowest BCUT2D eigenvalue weighted by Crippen LogP contribution is -2.30. The van der Waals surface area contributed by atoms with Gasteiger partial charge < -0.3 is 19.5 Å². The summed E-state index contributed by atoms with van der Waals surface area (Å²) < 4.78 is 15.6. The molecule has 0 aliphatic carbocycles. The molecule has 1 aromatic heterocycles. The van der Waals surface area contributed by atoms with Gasteiger partial charge in [0.05, 0.1) is 30.6 Å². The monoisotopic (exact) mass is 364 g/mol. The molecule has 1 unspecified atom stereocenters. The molecule has 0 radical (unpaired) electrons. The Morgan fingerprint density at radius 1 is 1.20 bits per heavy atom. The van der Waals surface area contributed by atoms with Gasteiger partial charge in [-0.2, -0.15) is 0 Å². The summed E-state index contributed by atoms with van der Waals surface area (Å²) in [5.41, 5.74) is 1.02. The topological polar surface area (TPSA) is 86.8 Å². The number of nitrogens with one attached hydrogen (secondary N) is 1. The number of carbonyl (C=O) groups excluding carboxylic acids is 2. The SMILES string of the molecule is COc1ccc(OC)c(NC(=O)C(C)OC(=O)c2sc(C)nc2C)c1. The normalized spacial score (nSPS) is 11.6. The third-order valence-corrected chi connectivity index (χ3v) is 4.46. The van der Waals surface area contributed by atoms with E-state index in [9.17, 15) is 9.59 Å². The number of aromatic nitrogens is 1. The second-order valence-electron chi connectivity index (χ2n) is 5.25. The van der Waals surface area contributed by atoms with Gasteiger partial charge in [0, 0.05) is 6.07 Å². The molecule has 0 saturated heterocycles. The molecule has 1 heterocycles. The molecule has 134 valence electrons. The van der Waals surface area contributed by atoms with Crippen molar-refractivity contribution in [3.05, 3.63) is 33.8 Å². The Labute approximate surface area is 149 Å². The van der Waals surface area contributed by atoms with Gasteiger partial charge >= 0.3 is 5.97 Å². The summed E-state index contributed by atoms with van der Waals surface area (Å²) >= 11 is 1.24. The van der Waals surface area contributed by atoms with Gasteiger partial charge in [0.2, 0.25) is 0 Å². The number of thiazole rings is 1. The molecule has 0 aliphatic rings. The highest BCUT2D eigenvalue weighted by Gasteiger charge is 2.23. The summed E-state index contributed by atoms with van der Waals surface area (Å²) in [6.45, 7) is 5.04. The van der Waals surface area contributed by atoms with E-state index in [4.69, 9.17) is 14.2 Å². The summed E-state index contributed by atoms with van der Waals surface area (Å²) in [5, 5.41) is 3.45.